The van der Waals surface area contributed by atoms with E-state index in [9.17, 15) is 24.3 Å². The maximum atomic E-state index is 13.2. The summed E-state index contributed by atoms with van der Waals surface area (Å²) in [6.45, 7) is 2.00. The zero-order chi connectivity index (χ0) is 33.6. The summed E-state index contributed by atoms with van der Waals surface area (Å²) in [5, 5.41) is 23.7. The van der Waals surface area contributed by atoms with E-state index >= 15 is 0 Å². The second kappa shape index (κ2) is 14.3. The fourth-order valence-electron chi connectivity index (χ4n) is 5.64. The zero-order valence-electron chi connectivity index (χ0n) is 26.0. The molecule has 13 nitrogen and oxygen atoms in total. The first-order chi connectivity index (χ1) is 23.3. The van der Waals surface area contributed by atoms with Crippen LogP contribution in [0.5, 0.6) is 17.2 Å². The van der Waals surface area contributed by atoms with Crippen LogP contribution in [0.2, 0.25) is 0 Å². The predicted octanol–water partition coefficient (Wildman–Crippen LogP) is 3.01. The average Bonchev–Trinajstić information content (AvgIpc) is 3.34. The Labute approximate surface area is 276 Å². The predicted molar refractivity (Wildman–Crippen MR) is 174 cm³/mol. The number of hydrogen-bond acceptors (Lipinski definition) is 11. The molecule has 1 fully saturated rings. The number of aromatic hydroxyl groups is 1. The minimum Gasteiger partial charge on any atom is -0.507 e. The highest BCUT2D eigenvalue weighted by molar-refractivity contribution is 6.24. The summed E-state index contributed by atoms with van der Waals surface area (Å²) in [6, 6.07) is 20.5. The molecular weight excluding hydrogens is 616 g/mol. The fourth-order valence-corrected chi connectivity index (χ4v) is 5.64. The van der Waals surface area contributed by atoms with Gasteiger partial charge in [0.2, 0.25) is 11.8 Å². The molecule has 3 heterocycles. The van der Waals surface area contributed by atoms with E-state index in [1.807, 2.05) is 24.3 Å². The second-order valence-electron chi connectivity index (χ2n) is 11.4. The zero-order valence-corrected chi connectivity index (χ0v) is 26.0. The number of carbonyl (C=O) groups excluding carboxylic acids is 4. The van der Waals surface area contributed by atoms with Crippen molar-refractivity contribution >= 4 is 29.4 Å². The molecule has 0 radical (unpaired) electrons. The van der Waals surface area contributed by atoms with Gasteiger partial charge in [0, 0.05) is 31.0 Å². The minimum atomic E-state index is -1.02. The first-order valence-electron chi connectivity index (χ1n) is 15.6. The lowest BCUT2D eigenvalue weighted by atomic mass is 10.0. The molecule has 1 unspecified atom stereocenters. The number of nitrogens with one attached hydrogen (secondary N) is 2. The number of phenols is 1. The van der Waals surface area contributed by atoms with Crippen LogP contribution < -0.4 is 25.8 Å². The molecule has 13 heteroatoms. The van der Waals surface area contributed by atoms with Crippen LogP contribution in [0.1, 0.15) is 51.1 Å². The highest BCUT2D eigenvalue weighted by Gasteiger charge is 2.46. The van der Waals surface area contributed by atoms with E-state index in [-0.39, 0.29) is 35.5 Å². The fraction of sp³-hybridized carbons (Fsp3) is 0.257. The van der Waals surface area contributed by atoms with Gasteiger partial charge in [-0.25, -0.2) is 0 Å². The second-order valence-corrected chi connectivity index (χ2v) is 11.4. The van der Waals surface area contributed by atoms with Gasteiger partial charge < -0.3 is 25.6 Å². The van der Waals surface area contributed by atoms with Crippen LogP contribution in [-0.4, -0.2) is 69.6 Å². The Morgan fingerprint density at radius 3 is 2.42 bits per heavy atom. The molecule has 1 saturated heterocycles. The summed E-state index contributed by atoms with van der Waals surface area (Å²) >= 11 is 0. The molecule has 5 N–H and O–H groups in total. The topological polar surface area (TPSA) is 186 Å². The number of carbonyl (C=O) groups is 4. The van der Waals surface area contributed by atoms with E-state index in [4.69, 9.17) is 15.2 Å². The van der Waals surface area contributed by atoms with E-state index in [2.05, 4.69) is 20.8 Å². The number of nitrogen functional groups attached to an aromatic ring is 1. The Balaban J connectivity index is 0.930. The number of hydrogen-bond donors (Lipinski definition) is 4. The molecule has 2 aliphatic rings. The number of rotatable bonds is 13. The van der Waals surface area contributed by atoms with E-state index in [1.165, 1.54) is 6.07 Å². The summed E-state index contributed by atoms with van der Waals surface area (Å²) in [7, 11) is 0. The van der Waals surface area contributed by atoms with Crippen LogP contribution in [0.3, 0.4) is 0 Å². The van der Waals surface area contributed by atoms with Gasteiger partial charge in [-0.2, -0.15) is 0 Å². The lowest BCUT2D eigenvalue weighted by molar-refractivity contribution is -0.136. The normalized spacial score (nSPS) is 15.8. The molecule has 3 aromatic carbocycles. The van der Waals surface area contributed by atoms with Gasteiger partial charge >= 0.3 is 0 Å². The first kappa shape index (κ1) is 32.1. The van der Waals surface area contributed by atoms with Crippen molar-refractivity contribution < 1.29 is 33.8 Å². The number of anilines is 1. The van der Waals surface area contributed by atoms with E-state index in [0.29, 0.717) is 61.9 Å². The Morgan fingerprint density at radius 1 is 0.875 bits per heavy atom. The van der Waals surface area contributed by atoms with E-state index in [0.717, 1.165) is 16.0 Å². The van der Waals surface area contributed by atoms with E-state index < -0.39 is 29.7 Å². The minimum absolute atomic E-state index is 0.0602. The third-order valence-electron chi connectivity index (χ3n) is 8.15. The summed E-state index contributed by atoms with van der Waals surface area (Å²) in [5.41, 5.74) is 9.49. The monoisotopic (exact) mass is 650 g/mol. The van der Waals surface area contributed by atoms with Crippen molar-refractivity contribution in [1.82, 2.24) is 25.7 Å². The first-order valence-corrected chi connectivity index (χ1v) is 15.6. The highest BCUT2D eigenvalue weighted by atomic mass is 16.5. The third kappa shape index (κ3) is 6.95. The smallest absolute Gasteiger partial charge is 0.266 e. The number of imide groups is 2. The maximum absolute atomic E-state index is 13.2. The van der Waals surface area contributed by atoms with Gasteiger partial charge in [0.05, 0.1) is 24.3 Å². The maximum Gasteiger partial charge on any atom is 0.266 e. The SMILES string of the molecule is Nc1nnc(-c2ccccc2O)cc1OCCc1ccc(CNCCCOc2cccc3c2C(=O)N(C2CCC(=O)NC2=O)C3=O)cc1. The van der Waals surface area contributed by atoms with Gasteiger partial charge in [-0.15, -0.1) is 10.2 Å². The lowest BCUT2D eigenvalue weighted by Crippen LogP contribution is -2.54. The molecule has 4 amide bonds. The number of nitrogens with two attached hydrogens (primary N) is 1. The van der Waals surface area contributed by atoms with Gasteiger partial charge in [-0.3, -0.25) is 29.4 Å². The number of nitrogens with zero attached hydrogens (tertiary/aromatic N) is 3. The number of phenolic OH excluding ortho intramolecular Hbond substituents is 1. The quantitative estimate of drug-likeness (QED) is 0.123. The largest absolute Gasteiger partial charge is 0.507 e. The molecule has 1 atom stereocenters. The number of para-hydroxylation sites is 1. The number of benzene rings is 3. The Bertz CT molecular complexity index is 1860. The summed E-state index contributed by atoms with van der Waals surface area (Å²) in [4.78, 5) is 51.0. The van der Waals surface area contributed by atoms with Gasteiger partial charge in [0.1, 0.15) is 23.2 Å². The van der Waals surface area contributed by atoms with Crippen molar-refractivity contribution in [2.75, 3.05) is 25.5 Å². The van der Waals surface area contributed by atoms with Crippen molar-refractivity contribution in [3.05, 3.63) is 95.1 Å². The lowest BCUT2D eigenvalue weighted by Gasteiger charge is -2.27. The number of piperidine rings is 1. The van der Waals surface area contributed by atoms with Crippen molar-refractivity contribution in [1.29, 1.82) is 0 Å². The molecular formula is C35H34N6O7. The van der Waals surface area contributed by atoms with Crippen LogP contribution in [-0.2, 0) is 22.6 Å². The van der Waals surface area contributed by atoms with Crippen molar-refractivity contribution in [2.24, 2.45) is 0 Å². The van der Waals surface area contributed by atoms with Gasteiger partial charge in [0.25, 0.3) is 11.8 Å². The van der Waals surface area contributed by atoms with Crippen LogP contribution in [0.15, 0.2) is 72.8 Å². The summed E-state index contributed by atoms with van der Waals surface area (Å²) in [6.07, 6.45) is 1.46. The van der Waals surface area contributed by atoms with Crippen LogP contribution in [0.25, 0.3) is 11.3 Å². The van der Waals surface area contributed by atoms with Crippen molar-refractivity contribution in [3.63, 3.8) is 0 Å². The van der Waals surface area contributed by atoms with Crippen LogP contribution in [0.4, 0.5) is 5.82 Å². The number of amides is 4. The molecule has 0 spiro atoms. The Morgan fingerprint density at radius 2 is 1.62 bits per heavy atom. The molecule has 2 aliphatic heterocycles. The Kier molecular flexibility index (Phi) is 9.57. The molecule has 0 saturated carbocycles. The summed E-state index contributed by atoms with van der Waals surface area (Å²) in [5.74, 6) is -1.26. The van der Waals surface area contributed by atoms with Crippen LogP contribution in [0, 0.1) is 0 Å². The molecule has 246 valence electrons. The number of aromatic nitrogens is 2. The average molecular weight is 651 g/mol. The summed E-state index contributed by atoms with van der Waals surface area (Å²) < 4.78 is 11.8. The molecule has 0 bridgehead atoms. The van der Waals surface area contributed by atoms with Gasteiger partial charge in [0.15, 0.2) is 11.6 Å². The highest BCUT2D eigenvalue weighted by Crippen LogP contribution is 2.34. The molecule has 4 aromatic rings. The van der Waals surface area contributed by atoms with Gasteiger partial charge in [-0.1, -0.05) is 42.5 Å². The number of ether oxygens (including phenoxy) is 2. The molecule has 6 rings (SSSR count). The third-order valence-corrected chi connectivity index (χ3v) is 8.15. The van der Waals surface area contributed by atoms with Gasteiger partial charge in [-0.05, 0) is 54.8 Å². The molecule has 48 heavy (non-hydrogen) atoms. The standard InChI is InChI=1S/C35H34N6O7/c36-32-29(19-25(39-40-32)23-5-1-2-7-27(23)42)48-18-15-21-9-11-22(12-10-21)20-37-16-4-17-47-28-8-3-6-24-31(28)35(46)41(34(24)45)26-13-14-30(43)38-33(26)44/h1-3,5-12,19,26,37,42H,4,13-18,20H2,(H2,36,40)(H,38,43,44). The van der Waals surface area contributed by atoms with E-state index in [1.54, 1.807) is 42.5 Å². The van der Waals surface area contributed by atoms with Crippen LogP contribution >= 0.6 is 0 Å². The molecule has 0 aliphatic carbocycles. The number of fused-ring (bicyclic) bond motifs is 1. The van der Waals surface area contributed by atoms with Crippen molar-refractivity contribution in [2.45, 2.75) is 38.3 Å². The van der Waals surface area contributed by atoms with Crippen molar-refractivity contribution in [3.8, 4) is 28.5 Å². The Hall–Kier alpha value is -5.82. The molecule has 1 aromatic heterocycles.